The molecule has 2 rings (SSSR count). The van der Waals surface area contributed by atoms with Crippen LogP contribution in [0.3, 0.4) is 0 Å². The number of nitrogens with one attached hydrogen (secondary N) is 2. The normalized spacial score (nSPS) is 13.2. The van der Waals surface area contributed by atoms with Crippen molar-refractivity contribution in [2.75, 3.05) is 11.9 Å². The van der Waals surface area contributed by atoms with Gasteiger partial charge in [0.05, 0.1) is 6.42 Å². The Balaban J connectivity index is 1.99. The molecule has 4 nitrogen and oxygen atoms in total. The van der Waals surface area contributed by atoms with Gasteiger partial charge in [-0.1, -0.05) is 12.1 Å². The fourth-order valence-electron chi connectivity index (χ4n) is 1.82. The first-order valence-corrected chi connectivity index (χ1v) is 5.31. The smallest absolute Gasteiger partial charge is 0.228 e. The van der Waals surface area contributed by atoms with Crippen molar-refractivity contribution < 1.29 is 9.59 Å². The number of carbonyl (C=O) groups is 2. The van der Waals surface area contributed by atoms with Crippen molar-refractivity contribution in [3.63, 3.8) is 0 Å². The fourth-order valence-corrected chi connectivity index (χ4v) is 1.82. The summed E-state index contributed by atoms with van der Waals surface area (Å²) in [6, 6.07) is 5.92. The second-order valence-electron chi connectivity index (χ2n) is 3.95. The number of fused-ring (bicyclic) bond motifs is 1. The zero-order valence-corrected chi connectivity index (χ0v) is 9.17. The Labute approximate surface area is 94.0 Å². The number of benzene rings is 1. The van der Waals surface area contributed by atoms with Gasteiger partial charge in [0.25, 0.3) is 0 Å². The third-order valence-corrected chi connectivity index (χ3v) is 2.58. The van der Waals surface area contributed by atoms with Crippen LogP contribution in [0.5, 0.6) is 0 Å². The lowest BCUT2D eigenvalue weighted by Crippen LogP contribution is -2.22. The van der Waals surface area contributed by atoms with Crippen LogP contribution in [-0.4, -0.2) is 18.4 Å². The van der Waals surface area contributed by atoms with Crippen molar-refractivity contribution in [1.29, 1.82) is 0 Å². The molecule has 0 atom stereocenters. The molecule has 0 aromatic heterocycles. The number of hydrogen-bond donors (Lipinski definition) is 2. The Morgan fingerprint density at radius 3 is 3.06 bits per heavy atom. The van der Waals surface area contributed by atoms with Gasteiger partial charge in [-0.15, -0.1) is 0 Å². The summed E-state index contributed by atoms with van der Waals surface area (Å²) in [7, 11) is 0. The van der Waals surface area contributed by atoms with E-state index < -0.39 is 0 Å². The van der Waals surface area contributed by atoms with Crippen LogP contribution in [0.2, 0.25) is 0 Å². The number of hydrogen-bond acceptors (Lipinski definition) is 2. The molecule has 0 saturated heterocycles. The number of rotatable bonds is 3. The van der Waals surface area contributed by atoms with Gasteiger partial charge in [0.1, 0.15) is 0 Å². The highest BCUT2D eigenvalue weighted by molar-refractivity contribution is 5.99. The lowest BCUT2D eigenvalue weighted by molar-refractivity contribution is -0.119. The lowest BCUT2D eigenvalue weighted by Gasteiger charge is -2.04. The minimum Gasteiger partial charge on any atom is -0.356 e. The van der Waals surface area contributed by atoms with E-state index >= 15 is 0 Å². The third kappa shape index (κ3) is 2.39. The molecule has 0 bridgehead atoms. The average molecular weight is 218 g/mol. The average Bonchev–Trinajstić information content (AvgIpc) is 2.56. The van der Waals surface area contributed by atoms with E-state index in [1.54, 1.807) is 0 Å². The topological polar surface area (TPSA) is 58.2 Å². The molecule has 0 saturated carbocycles. The van der Waals surface area contributed by atoms with Gasteiger partial charge in [-0.25, -0.2) is 0 Å². The summed E-state index contributed by atoms with van der Waals surface area (Å²) in [5.41, 5.74) is 3.10. The third-order valence-electron chi connectivity index (χ3n) is 2.58. The van der Waals surface area contributed by atoms with E-state index in [0.29, 0.717) is 13.0 Å². The molecule has 0 radical (unpaired) electrons. The molecular weight excluding hydrogens is 204 g/mol. The van der Waals surface area contributed by atoms with Gasteiger partial charge < -0.3 is 10.6 Å². The van der Waals surface area contributed by atoms with E-state index in [9.17, 15) is 9.59 Å². The van der Waals surface area contributed by atoms with Gasteiger partial charge in [0.2, 0.25) is 11.8 Å². The monoisotopic (exact) mass is 218 g/mol. The van der Waals surface area contributed by atoms with E-state index in [-0.39, 0.29) is 11.8 Å². The van der Waals surface area contributed by atoms with Crippen LogP contribution in [0.1, 0.15) is 18.1 Å². The van der Waals surface area contributed by atoms with Crippen LogP contribution >= 0.6 is 0 Å². The molecular formula is C12H14N2O2. The highest BCUT2D eigenvalue weighted by Gasteiger charge is 2.17. The highest BCUT2D eigenvalue weighted by Crippen LogP contribution is 2.23. The largest absolute Gasteiger partial charge is 0.356 e. The van der Waals surface area contributed by atoms with Crippen molar-refractivity contribution in [2.45, 2.75) is 19.8 Å². The predicted octanol–water partition coefficient (Wildman–Crippen LogP) is 0.860. The molecule has 1 aliphatic rings. The maximum Gasteiger partial charge on any atom is 0.228 e. The predicted molar refractivity (Wildman–Crippen MR) is 61.2 cm³/mol. The molecule has 1 heterocycles. The lowest BCUT2D eigenvalue weighted by atomic mass is 10.1. The molecule has 2 N–H and O–H groups in total. The molecule has 0 spiro atoms. The summed E-state index contributed by atoms with van der Waals surface area (Å²) in [6.07, 6.45) is 1.25. The van der Waals surface area contributed by atoms with Gasteiger partial charge >= 0.3 is 0 Å². The molecule has 0 fully saturated rings. The number of amides is 2. The minimum atomic E-state index is -0.0157. The van der Waals surface area contributed by atoms with E-state index in [1.165, 1.54) is 6.92 Å². The van der Waals surface area contributed by atoms with Crippen LogP contribution in [0.25, 0.3) is 0 Å². The standard InChI is InChI=1S/C12H14N2O2/c1-8(15)13-5-4-9-2-3-11-10(6-9)7-12(16)14-11/h2-3,6H,4-5,7H2,1H3,(H,13,15)(H,14,16). The van der Waals surface area contributed by atoms with Gasteiger partial charge in [0.15, 0.2) is 0 Å². The van der Waals surface area contributed by atoms with E-state index in [1.807, 2.05) is 18.2 Å². The summed E-state index contributed by atoms with van der Waals surface area (Å²) in [4.78, 5) is 21.8. The maximum absolute atomic E-state index is 11.1. The van der Waals surface area contributed by atoms with Crippen molar-refractivity contribution in [3.05, 3.63) is 29.3 Å². The Hall–Kier alpha value is -1.84. The van der Waals surface area contributed by atoms with E-state index in [0.717, 1.165) is 23.2 Å². The van der Waals surface area contributed by atoms with Crippen molar-refractivity contribution in [1.82, 2.24) is 5.32 Å². The second kappa shape index (κ2) is 4.35. The molecule has 84 valence electrons. The van der Waals surface area contributed by atoms with Crippen LogP contribution in [-0.2, 0) is 22.4 Å². The van der Waals surface area contributed by atoms with E-state index in [4.69, 9.17) is 0 Å². The summed E-state index contributed by atoms with van der Waals surface area (Å²) in [6.45, 7) is 2.14. The SMILES string of the molecule is CC(=O)NCCc1ccc2c(c1)CC(=O)N2. The molecule has 0 aliphatic carbocycles. The molecule has 0 unspecified atom stereocenters. The van der Waals surface area contributed by atoms with Crippen LogP contribution in [0.15, 0.2) is 18.2 Å². The quantitative estimate of drug-likeness (QED) is 0.790. The molecule has 1 aromatic carbocycles. The Morgan fingerprint density at radius 1 is 1.50 bits per heavy atom. The van der Waals surface area contributed by atoms with Gasteiger partial charge in [-0.2, -0.15) is 0 Å². The van der Waals surface area contributed by atoms with Gasteiger partial charge in [-0.05, 0) is 23.6 Å². The summed E-state index contributed by atoms with van der Waals surface area (Å²) >= 11 is 0. The summed E-state index contributed by atoms with van der Waals surface area (Å²) in [5.74, 6) is 0.0343. The summed E-state index contributed by atoms with van der Waals surface area (Å²) < 4.78 is 0. The number of carbonyl (C=O) groups excluding carboxylic acids is 2. The van der Waals surface area contributed by atoms with Gasteiger partial charge in [0, 0.05) is 19.2 Å². The zero-order chi connectivity index (χ0) is 11.5. The minimum absolute atomic E-state index is 0.0157. The van der Waals surface area contributed by atoms with E-state index in [2.05, 4.69) is 10.6 Å². The highest BCUT2D eigenvalue weighted by atomic mass is 16.2. The molecule has 4 heteroatoms. The van der Waals surface area contributed by atoms with Gasteiger partial charge in [-0.3, -0.25) is 9.59 Å². The summed E-state index contributed by atoms with van der Waals surface area (Å²) in [5, 5.41) is 5.54. The molecule has 16 heavy (non-hydrogen) atoms. The number of anilines is 1. The van der Waals surface area contributed by atoms with Crippen molar-refractivity contribution in [3.8, 4) is 0 Å². The second-order valence-corrected chi connectivity index (χ2v) is 3.95. The van der Waals surface area contributed by atoms with Crippen LogP contribution < -0.4 is 10.6 Å². The Morgan fingerprint density at radius 2 is 2.31 bits per heavy atom. The molecule has 1 aliphatic heterocycles. The fraction of sp³-hybridized carbons (Fsp3) is 0.333. The van der Waals surface area contributed by atoms with Crippen molar-refractivity contribution in [2.24, 2.45) is 0 Å². The van der Waals surface area contributed by atoms with Crippen LogP contribution in [0.4, 0.5) is 5.69 Å². The van der Waals surface area contributed by atoms with Crippen molar-refractivity contribution >= 4 is 17.5 Å². The Bertz CT molecular complexity index is 441. The van der Waals surface area contributed by atoms with Crippen LogP contribution in [0, 0.1) is 0 Å². The molecule has 2 amide bonds. The first kappa shape index (κ1) is 10.7. The first-order valence-electron chi connectivity index (χ1n) is 5.31. The molecule has 1 aromatic rings. The maximum atomic E-state index is 11.1. The first-order chi connectivity index (χ1) is 7.65. The zero-order valence-electron chi connectivity index (χ0n) is 9.17. The Kier molecular flexibility index (Phi) is 2.90.